The van der Waals surface area contributed by atoms with Gasteiger partial charge < -0.3 is 4.74 Å². The normalized spacial score (nSPS) is 12.4. The molecule has 1 aromatic carbocycles. The molecule has 0 fully saturated rings. The zero-order valence-corrected chi connectivity index (χ0v) is 12.2. The van der Waals surface area contributed by atoms with Crippen molar-refractivity contribution in [3.63, 3.8) is 0 Å². The number of rotatable bonds is 5. The van der Waals surface area contributed by atoms with Crippen LogP contribution in [0.1, 0.15) is 32.3 Å². The van der Waals surface area contributed by atoms with E-state index in [1.165, 1.54) is 13.8 Å². The van der Waals surface area contributed by atoms with Gasteiger partial charge in [-0.3, -0.25) is 9.59 Å². The van der Waals surface area contributed by atoms with Crippen molar-refractivity contribution in [2.75, 3.05) is 6.61 Å². The predicted molar refractivity (Wildman–Crippen MR) is 70.1 cm³/mol. The highest BCUT2D eigenvalue weighted by atomic mass is 19.2. The van der Waals surface area contributed by atoms with Crippen molar-refractivity contribution >= 4 is 11.8 Å². The molecule has 1 atom stereocenters. The Bertz CT molecular complexity index is 627. The van der Waals surface area contributed by atoms with Gasteiger partial charge in [0.2, 0.25) is 0 Å². The number of nitriles is 1. The van der Waals surface area contributed by atoms with Crippen molar-refractivity contribution in [1.82, 2.24) is 0 Å². The topological polar surface area (TPSA) is 67.2 Å². The third kappa shape index (κ3) is 3.27. The van der Waals surface area contributed by atoms with Crippen LogP contribution >= 0.6 is 0 Å². The number of hydrogen-bond acceptors (Lipinski definition) is 4. The third-order valence-corrected chi connectivity index (χ3v) is 3.13. The van der Waals surface area contributed by atoms with Crippen molar-refractivity contribution in [2.45, 2.75) is 26.7 Å². The number of nitrogens with zero attached hydrogens (tertiary/aromatic N) is 1. The molecule has 1 unspecified atom stereocenters. The zero-order chi connectivity index (χ0) is 17.1. The van der Waals surface area contributed by atoms with Crippen molar-refractivity contribution in [1.29, 1.82) is 5.26 Å². The molecule has 0 amide bonds. The maximum absolute atomic E-state index is 13.2. The van der Waals surface area contributed by atoms with Crippen LogP contribution in [0.5, 0.6) is 0 Å². The summed E-state index contributed by atoms with van der Waals surface area (Å²) in [6.07, 6.45) is 0. The first kappa shape index (κ1) is 17.7. The minimum Gasteiger partial charge on any atom is -0.465 e. The Balaban J connectivity index is 3.25. The van der Waals surface area contributed by atoms with E-state index in [9.17, 15) is 22.8 Å². The van der Waals surface area contributed by atoms with E-state index in [1.807, 2.05) is 0 Å². The van der Waals surface area contributed by atoms with Gasteiger partial charge in [-0.05, 0) is 38.5 Å². The van der Waals surface area contributed by atoms with Gasteiger partial charge >= 0.3 is 5.97 Å². The minimum atomic E-state index is -1.70. The maximum atomic E-state index is 13.2. The van der Waals surface area contributed by atoms with Gasteiger partial charge in [0.25, 0.3) is 0 Å². The van der Waals surface area contributed by atoms with Gasteiger partial charge in [0.05, 0.1) is 12.7 Å². The summed E-state index contributed by atoms with van der Waals surface area (Å²) in [5, 5.41) is 9.11. The molecule has 0 heterocycles. The fraction of sp³-hybridized carbons (Fsp3) is 0.400. The Hall–Kier alpha value is -2.36. The van der Waals surface area contributed by atoms with Crippen molar-refractivity contribution < 1.29 is 27.5 Å². The number of ether oxygens (including phenoxy) is 1. The molecule has 0 aromatic heterocycles. The Labute approximate surface area is 125 Å². The summed E-state index contributed by atoms with van der Waals surface area (Å²) in [7, 11) is 0. The highest BCUT2D eigenvalue weighted by Crippen LogP contribution is 2.30. The molecule has 0 saturated heterocycles. The van der Waals surface area contributed by atoms with Crippen LogP contribution in [-0.4, -0.2) is 18.4 Å². The number of carbonyl (C=O) groups excluding carboxylic acids is 2. The average molecular weight is 313 g/mol. The average Bonchev–Trinajstić information content (AvgIpc) is 2.45. The van der Waals surface area contributed by atoms with Crippen LogP contribution in [0.4, 0.5) is 13.2 Å². The highest BCUT2D eigenvalue weighted by Gasteiger charge is 2.42. The number of carbonyl (C=O) groups is 2. The lowest BCUT2D eigenvalue weighted by molar-refractivity contribution is -0.158. The second kappa shape index (κ2) is 6.60. The standard InChI is InChI=1S/C15H14F3NO3/c1-4-22-14(21)15(2,3)13(20)9(7-19)8-5-10(16)12(18)11(17)6-8/h5-6,9H,4H2,1-3H3. The predicted octanol–water partition coefficient (Wildman–Crippen LogP) is 2.87. The van der Waals surface area contributed by atoms with Gasteiger partial charge in [-0.1, -0.05) is 0 Å². The summed E-state index contributed by atoms with van der Waals surface area (Å²) in [5.41, 5.74) is -2.04. The number of Topliss-reactive ketones (excluding diaryl/α,β-unsaturated/α-hetero) is 1. The summed E-state index contributed by atoms with van der Waals surface area (Å²) in [5.74, 6) is -8.10. The van der Waals surface area contributed by atoms with Crippen LogP contribution in [0, 0.1) is 34.2 Å². The molecule has 1 rings (SSSR count). The SMILES string of the molecule is CCOC(=O)C(C)(C)C(=O)C(C#N)c1cc(F)c(F)c(F)c1. The lowest BCUT2D eigenvalue weighted by Crippen LogP contribution is -2.38. The molecule has 0 radical (unpaired) electrons. The molecular formula is C15H14F3NO3. The first-order valence-corrected chi connectivity index (χ1v) is 6.42. The number of benzene rings is 1. The maximum Gasteiger partial charge on any atom is 0.319 e. The van der Waals surface area contributed by atoms with Gasteiger partial charge in [0, 0.05) is 0 Å². The number of ketones is 1. The quantitative estimate of drug-likeness (QED) is 0.476. The Morgan fingerprint density at radius 2 is 1.77 bits per heavy atom. The molecule has 0 saturated carbocycles. The van der Waals surface area contributed by atoms with E-state index in [0.29, 0.717) is 12.1 Å². The van der Waals surface area contributed by atoms with Crippen LogP contribution in [0.25, 0.3) is 0 Å². The van der Waals surface area contributed by atoms with Gasteiger partial charge in [0.1, 0.15) is 11.3 Å². The van der Waals surface area contributed by atoms with E-state index >= 15 is 0 Å². The molecule has 1 aromatic rings. The zero-order valence-electron chi connectivity index (χ0n) is 12.2. The smallest absolute Gasteiger partial charge is 0.319 e. The molecule has 0 aliphatic rings. The summed E-state index contributed by atoms with van der Waals surface area (Å²) < 4.78 is 44.2. The molecule has 0 aliphatic carbocycles. The number of hydrogen-bond donors (Lipinski definition) is 0. The molecule has 22 heavy (non-hydrogen) atoms. The molecule has 0 aliphatic heterocycles. The Kier molecular flexibility index (Phi) is 5.31. The third-order valence-electron chi connectivity index (χ3n) is 3.13. The summed E-state index contributed by atoms with van der Waals surface area (Å²) in [6.45, 7) is 4.07. The van der Waals surface area contributed by atoms with E-state index in [2.05, 4.69) is 0 Å². The molecule has 0 spiro atoms. The van der Waals surface area contributed by atoms with Crippen LogP contribution in [-0.2, 0) is 14.3 Å². The van der Waals surface area contributed by atoms with Crippen molar-refractivity contribution in [3.8, 4) is 6.07 Å². The van der Waals surface area contributed by atoms with E-state index in [-0.39, 0.29) is 12.2 Å². The monoisotopic (exact) mass is 313 g/mol. The van der Waals surface area contributed by atoms with E-state index < -0.39 is 40.5 Å². The first-order valence-electron chi connectivity index (χ1n) is 6.42. The number of esters is 1. The van der Waals surface area contributed by atoms with Crippen LogP contribution in [0.15, 0.2) is 12.1 Å². The summed E-state index contributed by atoms with van der Waals surface area (Å²) >= 11 is 0. The number of halogens is 3. The fourth-order valence-corrected chi connectivity index (χ4v) is 1.80. The first-order chi connectivity index (χ1) is 10.2. The molecule has 118 valence electrons. The Morgan fingerprint density at radius 1 is 1.27 bits per heavy atom. The van der Waals surface area contributed by atoms with Gasteiger partial charge in [0.15, 0.2) is 23.2 Å². The lowest BCUT2D eigenvalue weighted by Gasteiger charge is -2.23. The second-order valence-corrected chi connectivity index (χ2v) is 5.07. The van der Waals surface area contributed by atoms with Crippen molar-refractivity contribution in [3.05, 3.63) is 35.1 Å². The van der Waals surface area contributed by atoms with Crippen molar-refractivity contribution in [2.24, 2.45) is 5.41 Å². The molecule has 7 heteroatoms. The molecule has 4 nitrogen and oxygen atoms in total. The molecular weight excluding hydrogens is 299 g/mol. The van der Waals surface area contributed by atoms with E-state index in [0.717, 1.165) is 0 Å². The van der Waals surface area contributed by atoms with Gasteiger partial charge in [-0.15, -0.1) is 0 Å². The summed E-state index contributed by atoms with van der Waals surface area (Å²) in [4.78, 5) is 24.1. The van der Waals surface area contributed by atoms with E-state index in [4.69, 9.17) is 10.00 Å². The molecule has 0 bridgehead atoms. The fourth-order valence-electron chi connectivity index (χ4n) is 1.80. The second-order valence-electron chi connectivity index (χ2n) is 5.07. The van der Waals surface area contributed by atoms with Crippen LogP contribution in [0.3, 0.4) is 0 Å². The van der Waals surface area contributed by atoms with Crippen LogP contribution < -0.4 is 0 Å². The largest absolute Gasteiger partial charge is 0.465 e. The van der Waals surface area contributed by atoms with E-state index in [1.54, 1.807) is 13.0 Å². The molecule has 0 N–H and O–H groups in total. The minimum absolute atomic E-state index is 0.0343. The van der Waals surface area contributed by atoms with Gasteiger partial charge in [-0.25, -0.2) is 13.2 Å². The Morgan fingerprint density at radius 3 is 2.18 bits per heavy atom. The highest BCUT2D eigenvalue weighted by molar-refractivity contribution is 6.07. The summed E-state index contributed by atoms with van der Waals surface area (Å²) in [6, 6.07) is 2.70. The van der Waals surface area contributed by atoms with Gasteiger partial charge in [-0.2, -0.15) is 5.26 Å². The lowest BCUT2D eigenvalue weighted by atomic mass is 9.79. The van der Waals surface area contributed by atoms with Crippen LogP contribution in [0.2, 0.25) is 0 Å².